The molecule has 1 atom stereocenters. The Morgan fingerprint density at radius 2 is 1.68 bits per heavy atom. The van der Waals surface area contributed by atoms with E-state index in [1.54, 1.807) is 59.8 Å². The molecule has 5 aromatic rings. The van der Waals surface area contributed by atoms with Gasteiger partial charge in [-0.15, -0.1) is 0 Å². The molecule has 7 nitrogen and oxygen atoms in total. The quantitative estimate of drug-likeness (QED) is 0.275. The Labute approximate surface area is 235 Å². The van der Waals surface area contributed by atoms with Gasteiger partial charge in [-0.2, -0.15) is 0 Å². The van der Waals surface area contributed by atoms with Crippen LogP contribution < -0.4 is 5.32 Å². The van der Waals surface area contributed by atoms with Gasteiger partial charge in [0, 0.05) is 52.6 Å². The Bertz CT molecular complexity index is 1750. The monoisotopic (exact) mass is 546 g/mol. The molecule has 0 bridgehead atoms. The minimum atomic E-state index is -0.809. The molecule has 40 heavy (non-hydrogen) atoms. The number of pyridine rings is 2. The number of benzene rings is 3. The molecule has 6 rings (SSSR count). The highest BCUT2D eigenvalue weighted by molar-refractivity contribution is 6.31. The summed E-state index contributed by atoms with van der Waals surface area (Å²) in [6.45, 7) is 0.163. The molecule has 196 valence electrons. The van der Waals surface area contributed by atoms with Crippen molar-refractivity contribution in [3.63, 3.8) is 0 Å². The molecule has 0 radical (unpaired) electrons. The fraction of sp³-hybridized carbons (Fsp3) is 0.0938. The minimum Gasteiger partial charge on any atom is -0.323 e. The number of nitrogens with one attached hydrogen (secondary N) is 1. The second kappa shape index (κ2) is 10.7. The zero-order valence-electron chi connectivity index (χ0n) is 21.3. The molecule has 1 aliphatic heterocycles. The Kier molecular flexibility index (Phi) is 6.80. The van der Waals surface area contributed by atoms with Gasteiger partial charge in [-0.05, 0) is 48.0 Å². The number of carbonyl (C=O) groups excluding carboxylic acids is 3. The van der Waals surface area contributed by atoms with Gasteiger partial charge < -0.3 is 10.2 Å². The molecule has 0 unspecified atom stereocenters. The highest BCUT2D eigenvalue weighted by Crippen LogP contribution is 2.29. The van der Waals surface area contributed by atoms with Gasteiger partial charge in [0.15, 0.2) is 5.78 Å². The Hall–Kier alpha value is -4.88. The van der Waals surface area contributed by atoms with Crippen LogP contribution in [0, 0.1) is 0 Å². The number of halogens is 1. The van der Waals surface area contributed by atoms with Gasteiger partial charge in [0.25, 0.3) is 5.91 Å². The number of aromatic nitrogens is 2. The normalized spacial score (nSPS) is 14.9. The van der Waals surface area contributed by atoms with Crippen LogP contribution in [0.3, 0.4) is 0 Å². The lowest BCUT2D eigenvalue weighted by molar-refractivity contribution is -0.120. The standard InChI is InChI=1S/C32H23ClN4O3/c33-23-13-14-25-27(17-23)36-31(39)28(18-24-7-1-2-15-34-24)37(32(25)40)19-20-9-11-22(12-10-20)30(38)26-8-3-5-21-6-4-16-35-29(21)26/h1-17,28H,18-19H2,(H,36,39)/t28-/m1/s1. The highest BCUT2D eigenvalue weighted by Gasteiger charge is 2.36. The molecular weight excluding hydrogens is 524 g/mol. The van der Waals surface area contributed by atoms with E-state index in [-0.39, 0.29) is 30.6 Å². The van der Waals surface area contributed by atoms with Crippen LogP contribution in [-0.2, 0) is 17.8 Å². The molecule has 0 saturated heterocycles. The van der Waals surface area contributed by atoms with Gasteiger partial charge in [0.2, 0.25) is 5.91 Å². The molecule has 1 aliphatic rings. The molecule has 0 fully saturated rings. The predicted octanol–water partition coefficient (Wildman–Crippen LogP) is 5.72. The maximum atomic E-state index is 13.8. The number of hydrogen-bond acceptors (Lipinski definition) is 5. The van der Waals surface area contributed by atoms with E-state index in [0.29, 0.717) is 38.6 Å². The number of para-hydroxylation sites is 1. The predicted molar refractivity (Wildman–Crippen MR) is 153 cm³/mol. The van der Waals surface area contributed by atoms with Gasteiger partial charge in [0.1, 0.15) is 6.04 Å². The van der Waals surface area contributed by atoms with Gasteiger partial charge in [-0.1, -0.05) is 60.1 Å². The fourth-order valence-corrected chi connectivity index (χ4v) is 5.14. The minimum absolute atomic E-state index is 0.139. The van der Waals surface area contributed by atoms with E-state index in [9.17, 15) is 14.4 Å². The average molecular weight is 547 g/mol. The van der Waals surface area contributed by atoms with Gasteiger partial charge in [-0.3, -0.25) is 24.4 Å². The highest BCUT2D eigenvalue weighted by atomic mass is 35.5. The third kappa shape index (κ3) is 4.95. The van der Waals surface area contributed by atoms with E-state index in [1.807, 2.05) is 48.5 Å². The van der Waals surface area contributed by atoms with Gasteiger partial charge in [-0.25, -0.2) is 0 Å². The van der Waals surface area contributed by atoms with Crippen molar-refractivity contribution in [2.45, 2.75) is 19.0 Å². The average Bonchev–Trinajstić information content (AvgIpc) is 3.07. The van der Waals surface area contributed by atoms with Crippen molar-refractivity contribution in [3.8, 4) is 0 Å². The van der Waals surface area contributed by atoms with Gasteiger partial charge >= 0.3 is 0 Å². The van der Waals surface area contributed by atoms with E-state index in [4.69, 9.17) is 11.6 Å². The summed E-state index contributed by atoms with van der Waals surface area (Å²) in [5, 5.41) is 4.18. The van der Waals surface area contributed by atoms with Crippen LogP contribution in [0.4, 0.5) is 5.69 Å². The van der Waals surface area contributed by atoms with E-state index in [1.165, 1.54) is 0 Å². The van der Waals surface area contributed by atoms with Crippen LogP contribution in [0.2, 0.25) is 5.02 Å². The van der Waals surface area contributed by atoms with Crippen LogP contribution in [0.15, 0.2) is 103 Å². The summed E-state index contributed by atoms with van der Waals surface area (Å²) >= 11 is 6.16. The van der Waals surface area contributed by atoms with Crippen LogP contribution in [0.25, 0.3) is 10.9 Å². The third-order valence-corrected chi connectivity index (χ3v) is 7.22. The number of amides is 2. The lowest BCUT2D eigenvalue weighted by Gasteiger charge is -2.28. The fourth-order valence-electron chi connectivity index (χ4n) is 4.96. The maximum Gasteiger partial charge on any atom is 0.256 e. The van der Waals surface area contributed by atoms with Gasteiger partial charge in [0.05, 0.1) is 16.8 Å². The van der Waals surface area contributed by atoms with E-state index < -0.39 is 6.04 Å². The summed E-state index contributed by atoms with van der Waals surface area (Å²) in [5.41, 5.74) is 3.88. The lowest BCUT2D eigenvalue weighted by atomic mass is 9.99. The Balaban J connectivity index is 1.32. The first kappa shape index (κ1) is 25.4. The SMILES string of the molecule is O=C(c1ccc(CN2C(=O)c3ccc(Cl)cc3NC(=O)[C@H]2Cc2ccccn2)cc1)c1cccc2cccnc12. The second-order valence-electron chi connectivity index (χ2n) is 9.56. The summed E-state index contributed by atoms with van der Waals surface area (Å²) in [5.74, 6) is -0.761. The number of nitrogens with zero attached hydrogens (tertiary/aromatic N) is 3. The molecule has 8 heteroatoms. The smallest absolute Gasteiger partial charge is 0.256 e. The second-order valence-corrected chi connectivity index (χ2v) is 10.00. The Morgan fingerprint density at radius 1 is 0.875 bits per heavy atom. The third-order valence-electron chi connectivity index (χ3n) is 6.98. The van der Waals surface area contributed by atoms with E-state index >= 15 is 0 Å². The van der Waals surface area contributed by atoms with Crippen LogP contribution >= 0.6 is 11.6 Å². The largest absolute Gasteiger partial charge is 0.323 e. The van der Waals surface area contributed by atoms with E-state index in [2.05, 4.69) is 15.3 Å². The van der Waals surface area contributed by atoms with Crippen molar-refractivity contribution in [3.05, 3.63) is 136 Å². The molecule has 2 aromatic heterocycles. The number of carbonyl (C=O) groups is 3. The number of hydrogen-bond donors (Lipinski definition) is 1. The van der Waals surface area contributed by atoms with Crippen LogP contribution in [0.1, 0.15) is 37.5 Å². The van der Waals surface area contributed by atoms with Crippen molar-refractivity contribution in [1.82, 2.24) is 14.9 Å². The summed E-state index contributed by atoms with van der Waals surface area (Å²) in [4.78, 5) is 50.9. The molecule has 2 amide bonds. The molecule has 0 spiro atoms. The zero-order valence-corrected chi connectivity index (χ0v) is 22.0. The van der Waals surface area contributed by atoms with Crippen LogP contribution in [0.5, 0.6) is 0 Å². The summed E-state index contributed by atoms with van der Waals surface area (Å²) < 4.78 is 0. The molecule has 0 aliphatic carbocycles. The molecule has 0 saturated carbocycles. The van der Waals surface area contributed by atoms with Crippen molar-refractivity contribution in [2.75, 3.05) is 5.32 Å². The lowest BCUT2D eigenvalue weighted by Crippen LogP contribution is -2.46. The Morgan fingerprint density at radius 3 is 2.48 bits per heavy atom. The number of fused-ring (bicyclic) bond motifs is 2. The number of anilines is 1. The summed E-state index contributed by atoms with van der Waals surface area (Å²) in [6, 6.07) is 25.9. The summed E-state index contributed by atoms with van der Waals surface area (Å²) in [7, 11) is 0. The number of rotatable bonds is 6. The van der Waals surface area contributed by atoms with E-state index in [0.717, 1.165) is 10.9 Å². The number of ketones is 1. The van der Waals surface area contributed by atoms with Crippen molar-refractivity contribution in [1.29, 1.82) is 0 Å². The topological polar surface area (TPSA) is 92.3 Å². The first-order valence-corrected chi connectivity index (χ1v) is 13.1. The maximum absolute atomic E-state index is 13.8. The summed E-state index contributed by atoms with van der Waals surface area (Å²) in [6.07, 6.45) is 3.57. The van der Waals surface area contributed by atoms with Crippen LogP contribution in [-0.4, -0.2) is 38.5 Å². The van der Waals surface area contributed by atoms with Crippen molar-refractivity contribution < 1.29 is 14.4 Å². The molecular formula is C32H23ClN4O3. The molecule has 3 heterocycles. The first-order valence-electron chi connectivity index (χ1n) is 12.8. The van der Waals surface area contributed by atoms with Crippen molar-refractivity contribution in [2.24, 2.45) is 0 Å². The first-order chi connectivity index (χ1) is 19.5. The zero-order chi connectivity index (χ0) is 27.6. The van der Waals surface area contributed by atoms with Crippen molar-refractivity contribution >= 4 is 45.8 Å². The molecule has 1 N–H and O–H groups in total. The molecule has 3 aromatic carbocycles.